The molecule has 1 fully saturated rings. The molecule has 3 heterocycles. The molecule has 6 heteroatoms. The van der Waals surface area contributed by atoms with Gasteiger partial charge in [0.2, 0.25) is 0 Å². The van der Waals surface area contributed by atoms with Gasteiger partial charge in [0.15, 0.2) is 0 Å². The highest BCUT2D eigenvalue weighted by Crippen LogP contribution is 2.32. The van der Waals surface area contributed by atoms with Crippen LogP contribution in [0.5, 0.6) is 0 Å². The van der Waals surface area contributed by atoms with E-state index in [0.29, 0.717) is 6.54 Å². The van der Waals surface area contributed by atoms with Crippen LogP contribution in [0.25, 0.3) is 9.40 Å². The topological polar surface area (TPSA) is 57.6 Å². The van der Waals surface area contributed by atoms with Crippen molar-refractivity contribution in [3.05, 3.63) is 22.4 Å². The molecule has 1 amide bonds. The number of carbonyl (C=O) groups is 2. The average Bonchev–Trinajstić information content (AvgIpc) is 3.07. The number of aliphatic carboxylic acids is 1. The van der Waals surface area contributed by atoms with Gasteiger partial charge >= 0.3 is 5.97 Å². The number of likely N-dealkylation sites (tertiary alicyclic amines) is 1. The van der Waals surface area contributed by atoms with E-state index in [9.17, 15) is 9.59 Å². The minimum Gasteiger partial charge on any atom is -0.481 e. The highest BCUT2D eigenvalue weighted by Gasteiger charge is 2.29. The summed E-state index contributed by atoms with van der Waals surface area (Å²) in [4.78, 5) is 26.3. The van der Waals surface area contributed by atoms with E-state index in [-0.39, 0.29) is 24.2 Å². The third-order valence-electron chi connectivity index (χ3n) is 4.40. The number of fused-ring (bicyclic) bond motifs is 1. The number of carbonyl (C=O) groups excluding carboxylic acids is 1. The molecule has 1 aliphatic rings. The molecular formula is C16H19NO3S2. The maximum Gasteiger partial charge on any atom is 0.303 e. The SMILES string of the molecule is CC(CC(=O)O)C1CCCN(C(=O)c2cc3sccc3s2)C1. The quantitative estimate of drug-likeness (QED) is 0.920. The monoisotopic (exact) mass is 337 g/mol. The van der Waals surface area contributed by atoms with Crippen LogP contribution in [0.2, 0.25) is 0 Å². The molecule has 2 aromatic heterocycles. The average molecular weight is 337 g/mol. The van der Waals surface area contributed by atoms with Gasteiger partial charge in [-0.15, -0.1) is 22.7 Å². The minimum atomic E-state index is -0.755. The van der Waals surface area contributed by atoms with E-state index >= 15 is 0 Å². The number of carboxylic acids is 1. The summed E-state index contributed by atoms with van der Waals surface area (Å²) in [5, 5.41) is 11.0. The lowest BCUT2D eigenvalue weighted by molar-refractivity contribution is -0.138. The van der Waals surface area contributed by atoms with E-state index in [1.165, 1.54) is 9.40 Å². The molecule has 1 aliphatic heterocycles. The van der Waals surface area contributed by atoms with E-state index in [2.05, 4.69) is 6.07 Å². The summed E-state index contributed by atoms with van der Waals surface area (Å²) in [6.45, 7) is 3.44. The van der Waals surface area contributed by atoms with E-state index < -0.39 is 5.97 Å². The van der Waals surface area contributed by atoms with Crippen LogP contribution in [0.1, 0.15) is 35.9 Å². The van der Waals surface area contributed by atoms with Crippen LogP contribution < -0.4 is 0 Å². The first kappa shape index (κ1) is 15.5. The van der Waals surface area contributed by atoms with Crippen molar-refractivity contribution < 1.29 is 14.7 Å². The van der Waals surface area contributed by atoms with E-state index in [1.54, 1.807) is 22.7 Å². The molecule has 0 radical (unpaired) electrons. The summed E-state index contributed by atoms with van der Waals surface area (Å²) < 4.78 is 2.34. The van der Waals surface area contributed by atoms with Crippen LogP contribution >= 0.6 is 22.7 Å². The Kier molecular flexibility index (Phi) is 4.49. The van der Waals surface area contributed by atoms with Gasteiger partial charge in [-0.05, 0) is 42.2 Å². The molecule has 0 bridgehead atoms. The zero-order valence-electron chi connectivity index (χ0n) is 12.4. The highest BCUT2D eigenvalue weighted by molar-refractivity contribution is 7.27. The summed E-state index contributed by atoms with van der Waals surface area (Å²) in [5.41, 5.74) is 0. The normalized spacial score (nSPS) is 20.2. The van der Waals surface area contributed by atoms with Crippen LogP contribution in [0, 0.1) is 11.8 Å². The Morgan fingerprint density at radius 3 is 3.00 bits per heavy atom. The van der Waals surface area contributed by atoms with Gasteiger partial charge in [0.05, 0.1) is 4.88 Å². The highest BCUT2D eigenvalue weighted by atomic mass is 32.1. The van der Waals surface area contributed by atoms with Gasteiger partial charge in [-0.2, -0.15) is 0 Å². The Morgan fingerprint density at radius 1 is 1.45 bits per heavy atom. The predicted molar refractivity (Wildman–Crippen MR) is 89.7 cm³/mol. The van der Waals surface area contributed by atoms with Crippen molar-refractivity contribution in [2.24, 2.45) is 11.8 Å². The summed E-state index contributed by atoms with van der Waals surface area (Å²) in [6.07, 6.45) is 2.15. The molecule has 3 rings (SSSR count). The second-order valence-electron chi connectivity index (χ2n) is 5.99. The van der Waals surface area contributed by atoms with Crippen molar-refractivity contribution in [3.63, 3.8) is 0 Å². The van der Waals surface area contributed by atoms with Gasteiger partial charge in [0, 0.05) is 28.9 Å². The molecule has 4 nitrogen and oxygen atoms in total. The van der Waals surface area contributed by atoms with E-state index in [1.807, 2.05) is 23.3 Å². The summed E-state index contributed by atoms with van der Waals surface area (Å²) in [6, 6.07) is 4.03. The van der Waals surface area contributed by atoms with Crippen molar-refractivity contribution in [1.82, 2.24) is 4.90 Å². The van der Waals surface area contributed by atoms with Crippen LogP contribution in [0.4, 0.5) is 0 Å². The van der Waals surface area contributed by atoms with Crippen molar-refractivity contribution in [2.75, 3.05) is 13.1 Å². The van der Waals surface area contributed by atoms with Crippen molar-refractivity contribution in [3.8, 4) is 0 Å². The van der Waals surface area contributed by atoms with Gasteiger partial charge in [-0.3, -0.25) is 9.59 Å². The number of hydrogen-bond acceptors (Lipinski definition) is 4. The van der Waals surface area contributed by atoms with Gasteiger partial charge in [0.1, 0.15) is 0 Å². The fraction of sp³-hybridized carbons (Fsp3) is 0.500. The molecule has 2 unspecified atom stereocenters. The first-order valence-corrected chi connectivity index (χ1v) is 9.22. The Bertz CT molecular complexity index is 662. The zero-order chi connectivity index (χ0) is 15.7. The number of nitrogens with zero attached hydrogens (tertiary/aromatic N) is 1. The first-order chi connectivity index (χ1) is 10.5. The van der Waals surface area contributed by atoms with Gasteiger partial charge < -0.3 is 10.0 Å². The second-order valence-corrected chi connectivity index (χ2v) is 8.02. The smallest absolute Gasteiger partial charge is 0.303 e. The van der Waals surface area contributed by atoms with E-state index in [4.69, 9.17) is 5.11 Å². The number of carboxylic acid groups (broad SMARTS) is 1. The summed E-state index contributed by atoms with van der Waals surface area (Å²) in [7, 11) is 0. The summed E-state index contributed by atoms with van der Waals surface area (Å²) in [5.74, 6) is -0.259. The number of hydrogen-bond donors (Lipinski definition) is 1. The molecule has 2 aromatic rings. The maximum atomic E-state index is 12.7. The third-order valence-corrected chi connectivity index (χ3v) is 6.48. The molecule has 118 valence electrons. The Hall–Kier alpha value is -1.40. The standard InChI is InChI=1S/C16H19NO3S2/c1-10(7-15(18)19)11-3-2-5-17(9-11)16(20)14-8-13-12(22-14)4-6-21-13/h4,6,8,10-11H,2-3,5,7,9H2,1H3,(H,18,19). The zero-order valence-corrected chi connectivity index (χ0v) is 14.1. The Balaban J connectivity index is 1.69. The fourth-order valence-corrected chi connectivity index (χ4v) is 5.20. The molecule has 1 saturated heterocycles. The third kappa shape index (κ3) is 3.17. The van der Waals surface area contributed by atoms with Crippen molar-refractivity contribution >= 4 is 43.9 Å². The lowest BCUT2D eigenvalue weighted by atomic mass is 9.84. The molecule has 0 aromatic carbocycles. The molecule has 1 N–H and O–H groups in total. The van der Waals surface area contributed by atoms with Crippen LogP contribution in [-0.2, 0) is 4.79 Å². The lowest BCUT2D eigenvalue weighted by Crippen LogP contribution is -2.41. The molecule has 0 aliphatic carbocycles. The lowest BCUT2D eigenvalue weighted by Gasteiger charge is -2.35. The van der Waals surface area contributed by atoms with Crippen molar-refractivity contribution in [2.45, 2.75) is 26.2 Å². The largest absolute Gasteiger partial charge is 0.481 e. The Labute approximate surface area is 137 Å². The molecule has 2 atom stereocenters. The van der Waals surface area contributed by atoms with Crippen LogP contribution in [0.15, 0.2) is 17.5 Å². The van der Waals surface area contributed by atoms with Gasteiger partial charge in [-0.1, -0.05) is 6.92 Å². The first-order valence-electron chi connectivity index (χ1n) is 7.52. The fourth-order valence-electron chi connectivity index (χ4n) is 3.13. The van der Waals surface area contributed by atoms with Crippen LogP contribution in [-0.4, -0.2) is 35.0 Å². The number of piperidine rings is 1. The van der Waals surface area contributed by atoms with Gasteiger partial charge in [-0.25, -0.2) is 0 Å². The van der Waals surface area contributed by atoms with E-state index in [0.717, 1.165) is 24.3 Å². The molecular weight excluding hydrogens is 318 g/mol. The molecule has 22 heavy (non-hydrogen) atoms. The Morgan fingerprint density at radius 2 is 2.27 bits per heavy atom. The second kappa shape index (κ2) is 6.38. The molecule has 0 spiro atoms. The minimum absolute atomic E-state index is 0.0978. The summed E-state index contributed by atoms with van der Waals surface area (Å²) >= 11 is 3.21. The molecule has 0 saturated carbocycles. The maximum absolute atomic E-state index is 12.7. The number of thiophene rings is 2. The van der Waals surface area contributed by atoms with Crippen molar-refractivity contribution in [1.29, 1.82) is 0 Å². The number of amides is 1. The predicted octanol–water partition coefficient (Wildman–Crippen LogP) is 3.93. The van der Waals surface area contributed by atoms with Gasteiger partial charge in [0.25, 0.3) is 5.91 Å². The van der Waals surface area contributed by atoms with Crippen LogP contribution in [0.3, 0.4) is 0 Å². The number of rotatable bonds is 4.